The van der Waals surface area contributed by atoms with Crippen molar-refractivity contribution in [3.05, 3.63) is 48.1 Å². The first-order valence-electron chi connectivity index (χ1n) is 11.0. The average molecular weight is 463 g/mol. The van der Waals surface area contributed by atoms with Crippen molar-refractivity contribution in [3.63, 3.8) is 0 Å². The number of benzene rings is 1. The first-order chi connectivity index (χ1) is 16.3. The van der Waals surface area contributed by atoms with Crippen LogP contribution in [0.4, 0.5) is 16.6 Å². The number of carbonyl (C=O) groups is 1. The van der Waals surface area contributed by atoms with Crippen LogP contribution in [0.1, 0.15) is 31.5 Å². The van der Waals surface area contributed by atoms with E-state index in [4.69, 9.17) is 9.26 Å². The summed E-state index contributed by atoms with van der Waals surface area (Å²) in [6, 6.07) is 8.77. The molecule has 34 heavy (non-hydrogen) atoms. The van der Waals surface area contributed by atoms with Crippen molar-refractivity contribution >= 4 is 28.8 Å². The fourth-order valence-electron chi connectivity index (χ4n) is 4.07. The van der Waals surface area contributed by atoms with Gasteiger partial charge in [-0.2, -0.15) is 9.97 Å². The summed E-state index contributed by atoms with van der Waals surface area (Å²) in [5, 5.41) is 18.4. The predicted molar refractivity (Wildman–Crippen MR) is 124 cm³/mol. The van der Waals surface area contributed by atoms with Crippen LogP contribution in [0.15, 0.2) is 41.1 Å². The van der Waals surface area contributed by atoms with Gasteiger partial charge in [-0.25, -0.2) is 9.78 Å². The van der Waals surface area contributed by atoms with Crippen LogP contribution in [0.5, 0.6) is 0 Å². The van der Waals surface area contributed by atoms with E-state index in [-0.39, 0.29) is 12.6 Å². The van der Waals surface area contributed by atoms with E-state index in [9.17, 15) is 9.90 Å². The highest BCUT2D eigenvalue weighted by molar-refractivity contribution is 5.94. The Kier molecular flexibility index (Phi) is 5.40. The second-order valence-electron chi connectivity index (χ2n) is 8.40. The van der Waals surface area contributed by atoms with Gasteiger partial charge in [-0.1, -0.05) is 17.3 Å². The molecule has 3 atom stereocenters. The molecule has 0 aliphatic carbocycles. The lowest BCUT2D eigenvalue weighted by Crippen LogP contribution is -2.41. The van der Waals surface area contributed by atoms with E-state index < -0.39 is 24.3 Å². The van der Waals surface area contributed by atoms with Gasteiger partial charge in [-0.05, 0) is 39.0 Å². The predicted octanol–water partition coefficient (Wildman–Crippen LogP) is 3.21. The number of aliphatic hydroxyl groups excluding tert-OH is 1. The third-order valence-corrected chi connectivity index (χ3v) is 6.08. The largest absolute Gasteiger partial charge is 0.447 e. The molecule has 4 aromatic rings. The molecule has 2 unspecified atom stereocenters. The number of hydrogen-bond donors (Lipinski definition) is 2. The number of rotatable bonds is 6. The Bertz CT molecular complexity index is 1360. The number of cyclic esters (lactones) is 1. The van der Waals surface area contributed by atoms with Gasteiger partial charge in [0.15, 0.2) is 0 Å². The SMILES string of the molecule is Cc1cc2c(-c3noc(C(C)Nc4nccc(N5C(=O)OCC5[C@@H](C)O)n4)n3)cccc2n1C. The Balaban J connectivity index is 1.38. The summed E-state index contributed by atoms with van der Waals surface area (Å²) in [7, 11) is 2.02. The van der Waals surface area contributed by atoms with Gasteiger partial charge in [0.25, 0.3) is 0 Å². The molecular weight excluding hydrogens is 438 g/mol. The zero-order chi connectivity index (χ0) is 24.0. The number of amides is 1. The molecule has 1 aliphatic heterocycles. The molecular formula is C23H25N7O4. The van der Waals surface area contributed by atoms with Crippen molar-refractivity contribution in [1.82, 2.24) is 24.7 Å². The van der Waals surface area contributed by atoms with Crippen LogP contribution in [0.2, 0.25) is 0 Å². The van der Waals surface area contributed by atoms with Crippen LogP contribution in [0, 0.1) is 6.92 Å². The highest BCUT2D eigenvalue weighted by atomic mass is 16.6. The first-order valence-corrected chi connectivity index (χ1v) is 11.0. The molecule has 4 heterocycles. The summed E-state index contributed by atoms with van der Waals surface area (Å²) < 4.78 is 12.7. The maximum Gasteiger partial charge on any atom is 0.416 e. The lowest BCUT2D eigenvalue weighted by atomic mass is 10.1. The van der Waals surface area contributed by atoms with Crippen LogP contribution in [-0.4, -0.2) is 54.6 Å². The number of nitrogens with zero attached hydrogens (tertiary/aromatic N) is 6. The molecule has 0 bridgehead atoms. The number of aliphatic hydroxyl groups is 1. The van der Waals surface area contributed by atoms with Crippen LogP contribution >= 0.6 is 0 Å². The Morgan fingerprint density at radius 1 is 1.24 bits per heavy atom. The van der Waals surface area contributed by atoms with E-state index in [1.807, 2.05) is 26.1 Å². The molecule has 176 valence electrons. The van der Waals surface area contributed by atoms with Gasteiger partial charge in [0.2, 0.25) is 17.7 Å². The first kappa shape index (κ1) is 21.8. The van der Waals surface area contributed by atoms with Crippen LogP contribution < -0.4 is 10.2 Å². The number of aryl methyl sites for hydroxylation is 2. The minimum Gasteiger partial charge on any atom is -0.447 e. The van der Waals surface area contributed by atoms with Crippen molar-refractivity contribution in [2.75, 3.05) is 16.8 Å². The van der Waals surface area contributed by atoms with Crippen molar-refractivity contribution in [3.8, 4) is 11.4 Å². The number of hydrogen-bond acceptors (Lipinski definition) is 9. The molecule has 5 rings (SSSR count). The molecule has 3 aromatic heterocycles. The fraction of sp³-hybridized carbons (Fsp3) is 0.348. The molecule has 1 fully saturated rings. The maximum atomic E-state index is 12.2. The number of nitrogens with one attached hydrogen (secondary N) is 1. The fourth-order valence-corrected chi connectivity index (χ4v) is 4.07. The highest BCUT2D eigenvalue weighted by Crippen LogP contribution is 2.30. The van der Waals surface area contributed by atoms with Gasteiger partial charge in [0, 0.05) is 35.4 Å². The molecule has 11 heteroatoms. The molecule has 0 spiro atoms. The zero-order valence-corrected chi connectivity index (χ0v) is 19.3. The Labute approximate surface area is 195 Å². The lowest BCUT2D eigenvalue weighted by molar-refractivity contribution is 0.142. The van der Waals surface area contributed by atoms with Gasteiger partial charge in [-0.3, -0.25) is 4.90 Å². The summed E-state index contributed by atoms with van der Waals surface area (Å²) in [6.07, 6.45) is 0.196. The molecule has 1 saturated heterocycles. The number of ether oxygens (including phenoxy) is 1. The van der Waals surface area contributed by atoms with E-state index in [0.717, 1.165) is 22.2 Å². The number of anilines is 2. The second-order valence-corrected chi connectivity index (χ2v) is 8.40. The van der Waals surface area contributed by atoms with Crippen molar-refractivity contribution in [1.29, 1.82) is 0 Å². The standard InChI is InChI=1S/C23H25N7O4/c1-12-10-16-15(6-5-7-17(16)29(12)4)20-27-21(34-28-20)13(2)25-22-24-9-8-19(26-22)30-18(14(3)31)11-33-23(30)32/h5-10,13-14,18,31H,11H2,1-4H3,(H,24,25,26)/t13?,14-,18?/m1/s1. The van der Waals surface area contributed by atoms with E-state index in [2.05, 4.69) is 49.0 Å². The van der Waals surface area contributed by atoms with Crippen LogP contribution in [0.3, 0.4) is 0 Å². The Hall–Kier alpha value is -3.99. The maximum absolute atomic E-state index is 12.2. The summed E-state index contributed by atoms with van der Waals surface area (Å²) in [4.78, 5) is 26.7. The molecule has 0 saturated carbocycles. The van der Waals surface area contributed by atoms with Gasteiger partial charge >= 0.3 is 6.09 Å². The molecule has 0 radical (unpaired) electrons. The highest BCUT2D eigenvalue weighted by Gasteiger charge is 2.38. The van der Waals surface area contributed by atoms with E-state index in [1.165, 1.54) is 11.1 Å². The Morgan fingerprint density at radius 2 is 2.06 bits per heavy atom. The molecule has 1 amide bonds. The second kappa shape index (κ2) is 8.41. The van der Waals surface area contributed by atoms with Crippen molar-refractivity contribution in [2.45, 2.75) is 39.0 Å². The summed E-state index contributed by atoms with van der Waals surface area (Å²) in [6.45, 7) is 5.60. The Morgan fingerprint density at radius 3 is 2.85 bits per heavy atom. The monoisotopic (exact) mass is 463 g/mol. The number of fused-ring (bicyclic) bond motifs is 1. The normalized spacial score (nSPS) is 17.7. The van der Waals surface area contributed by atoms with E-state index in [0.29, 0.717) is 17.5 Å². The minimum absolute atomic E-state index is 0.0954. The van der Waals surface area contributed by atoms with Crippen LogP contribution in [-0.2, 0) is 11.8 Å². The van der Waals surface area contributed by atoms with Gasteiger partial charge in [-0.15, -0.1) is 0 Å². The molecule has 1 aliphatic rings. The topological polar surface area (TPSA) is 131 Å². The third kappa shape index (κ3) is 3.73. The number of aromatic nitrogens is 5. The zero-order valence-electron chi connectivity index (χ0n) is 19.3. The van der Waals surface area contributed by atoms with Gasteiger partial charge in [0.05, 0.1) is 6.10 Å². The molecule has 11 nitrogen and oxygen atoms in total. The summed E-state index contributed by atoms with van der Waals surface area (Å²) >= 11 is 0. The van der Waals surface area contributed by atoms with Crippen LogP contribution in [0.25, 0.3) is 22.3 Å². The summed E-state index contributed by atoms with van der Waals surface area (Å²) in [5.74, 6) is 1.47. The van der Waals surface area contributed by atoms with Crippen molar-refractivity contribution in [2.24, 2.45) is 7.05 Å². The molecule has 2 N–H and O–H groups in total. The summed E-state index contributed by atoms with van der Waals surface area (Å²) in [5.41, 5.74) is 3.12. The quantitative estimate of drug-likeness (QED) is 0.442. The van der Waals surface area contributed by atoms with E-state index in [1.54, 1.807) is 13.0 Å². The minimum atomic E-state index is -0.772. The average Bonchev–Trinajstić information content (AvgIpc) is 3.52. The van der Waals surface area contributed by atoms with E-state index >= 15 is 0 Å². The molecule has 1 aromatic carbocycles. The third-order valence-electron chi connectivity index (χ3n) is 6.08. The van der Waals surface area contributed by atoms with Gasteiger partial charge < -0.3 is 24.3 Å². The number of carbonyl (C=O) groups excluding carboxylic acids is 1. The van der Waals surface area contributed by atoms with Crippen molar-refractivity contribution < 1.29 is 19.2 Å². The lowest BCUT2D eigenvalue weighted by Gasteiger charge is -2.22. The van der Waals surface area contributed by atoms with Gasteiger partial charge in [0.1, 0.15) is 24.5 Å². The smallest absolute Gasteiger partial charge is 0.416 e.